The van der Waals surface area contributed by atoms with Gasteiger partial charge in [-0.1, -0.05) is 0 Å². The summed E-state index contributed by atoms with van der Waals surface area (Å²) in [5.74, 6) is 1.16. The fourth-order valence-electron chi connectivity index (χ4n) is 4.18. The van der Waals surface area contributed by atoms with E-state index in [1.807, 2.05) is 48.7 Å². The third-order valence-electron chi connectivity index (χ3n) is 5.79. The monoisotopic (exact) mass is 466 g/mol. The number of benzene rings is 2. The van der Waals surface area contributed by atoms with Crippen LogP contribution >= 0.6 is 0 Å². The third-order valence-corrected chi connectivity index (χ3v) is 8.54. The standard InChI is InChI=1S/C24H23N3O2Se/c28-18-12-10-16(11-13-18)14-20-24(29)27-15-21(17-6-2-1-3-7-17)26-23(22(27)25-20)30-19-8-4-5-9-19/h1-3,6-7,10-13,15,19-20,28H,4-5,8-9,14H2/p+1. The number of nitrogens with one attached hydrogen (secondary N) is 1. The van der Waals surface area contributed by atoms with Gasteiger partial charge < -0.3 is 0 Å². The molecule has 5 rings (SSSR count). The molecular weight excluding hydrogens is 441 g/mol. The Morgan fingerprint density at radius 2 is 1.80 bits per heavy atom. The molecule has 0 spiro atoms. The van der Waals surface area contributed by atoms with Crippen molar-refractivity contribution in [3.63, 3.8) is 0 Å². The molecule has 2 aliphatic rings. The van der Waals surface area contributed by atoms with Gasteiger partial charge in [0.05, 0.1) is 0 Å². The zero-order valence-electron chi connectivity index (χ0n) is 16.6. The Kier molecular flexibility index (Phi) is 5.28. The number of phenols is 1. The number of anilines is 1. The first-order chi connectivity index (χ1) is 14.7. The SMILES string of the molecule is O=C1C(Cc2ccc(O)cc2)Nc2c([Se]C3CCCC3)nc(-c3ccccc3)c[n+]21. The van der Waals surface area contributed by atoms with Crippen LogP contribution in [0.5, 0.6) is 5.75 Å². The summed E-state index contributed by atoms with van der Waals surface area (Å²) in [6.07, 6.45) is 7.59. The van der Waals surface area contributed by atoms with Crippen LogP contribution in [-0.2, 0) is 6.42 Å². The average Bonchev–Trinajstić information content (AvgIpc) is 3.39. The van der Waals surface area contributed by atoms with Crippen molar-refractivity contribution >= 4 is 31.3 Å². The van der Waals surface area contributed by atoms with Gasteiger partial charge in [0.1, 0.15) is 0 Å². The molecule has 2 heterocycles. The molecule has 0 amide bonds. The van der Waals surface area contributed by atoms with Gasteiger partial charge >= 0.3 is 182 Å². The molecule has 6 heteroatoms. The molecule has 152 valence electrons. The normalized spacial score (nSPS) is 18.4. The zero-order valence-corrected chi connectivity index (χ0v) is 18.3. The summed E-state index contributed by atoms with van der Waals surface area (Å²) in [7, 11) is 0. The van der Waals surface area contributed by atoms with E-state index in [0.29, 0.717) is 11.2 Å². The van der Waals surface area contributed by atoms with E-state index in [4.69, 9.17) is 4.98 Å². The van der Waals surface area contributed by atoms with Crippen LogP contribution in [0.25, 0.3) is 11.3 Å². The second kappa shape index (κ2) is 8.21. The van der Waals surface area contributed by atoms with E-state index >= 15 is 0 Å². The Bertz CT molecular complexity index is 1060. The summed E-state index contributed by atoms with van der Waals surface area (Å²) in [4.78, 5) is 19.0. The first kappa shape index (κ1) is 19.3. The fourth-order valence-corrected chi connectivity index (χ4v) is 6.92. The number of phenolic OH excluding ortho intramolecular Hbond substituents is 1. The maximum atomic E-state index is 13.3. The summed E-state index contributed by atoms with van der Waals surface area (Å²) in [5.41, 5.74) is 2.91. The van der Waals surface area contributed by atoms with Crippen LogP contribution in [0.4, 0.5) is 5.82 Å². The van der Waals surface area contributed by atoms with Crippen LogP contribution in [0.2, 0.25) is 4.82 Å². The van der Waals surface area contributed by atoms with Gasteiger partial charge in [0.15, 0.2) is 0 Å². The minimum absolute atomic E-state index is 0.0566. The van der Waals surface area contributed by atoms with E-state index in [1.165, 1.54) is 25.7 Å². The first-order valence-electron chi connectivity index (χ1n) is 10.4. The van der Waals surface area contributed by atoms with Gasteiger partial charge in [0.25, 0.3) is 0 Å². The van der Waals surface area contributed by atoms with Crippen LogP contribution in [-0.4, -0.2) is 37.0 Å². The maximum absolute atomic E-state index is 13.3. The van der Waals surface area contributed by atoms with Crippen LogP contribution < -0.4 is 14.5 Å². The van der Waals surface area contributed by atoms with Gasteiger partial charge in [-0.15, -0.1) is 0 Å². The van der Waals surface area contributed by atoms with Gasteiger partial charge in [-0.25, -0.2) is 0 Å². The molecule has 2 aromatic carbocycles. The fraction of sp³-hybridized carbons (Fsp3) is 0.292. The molecule has 1 unspecified atom stereocenters. The van der Waals surface area contributed by atoms with E-state index in [1.54, 1.807) is 16.7 Å². The molecule has 2 N–H and O–H groups in total. The van der Waals surface area contributed by atoms with E-state index in [2.05, 4.69) is 5.32 Å². The molecular formula is C24H24N3O2Se+. The predicted molar refractivity (Wildman–Crippen MR) is 117 cm³/mol. The molecule has 1 aromatic heterocycles. The number of hydrogen-bond acceptors (Lipinski definition) is 4. The van der Waals surface area contributed by atoms with E-state index in [-0.39, 0.29) is 32.7 Å². The Balaban J connectivity index is 1.49. The van der Waals surface area contributed by atoms with Gasteiger partial charge in [-0.05, 0) is 0 Å². The quantitative estimate of drug-likeness (QED) is 0.449. The number of hydrogen-bond donors (Lipinski definition) is 2. The topological polar surface area (TPSA) is 66.1 Å². The average molecular weight is 465 g/mol. The molecule has 30 heavy (non-hydrogen) atoms. The first-order valence-corrected chi connectivity index (χ1v) is 12.3. The minimum atomic E-state index is -0.319. The molecule has 0 radical (unpaired) electrons. The van der Waals surface area contributed by atoms with E-state index in [9.17, 15) is 9.90 Å². The van der Waals surface area contributed by atoms with Crippen molar-refractivity contribution in [2.45, 2.75) is 43.0 Å². The van der Waals surface area contributed by atoms with Gasteiger partial charge in [-0.2, -0.15) is 0 Å². The Labute approximate surface area is 182 Å². The molecule has 3 aromatic rings. The molecule has 1 saturated carbocycles. The third kappa shape index (κ3) is 3.85. The van der Waals surface area contributed by atoms with Gasteiger partial charge in [-0.3, -0.25) is 0 Å². The number of carbonyl (C=O) groups is 1. The molecule has 5 nitrogen and oxygen atoms in total. The molecule has 1 aliphatic carbocycles. The van der Waals surface area contributed by atoms with Crippen LogP contribution in [0, 0.1) is 0 Å². The molecule has 1 atom stereocenters. The van der Waals surface area contributed by atoms with Crippen LogP contribution in [0.15, 0.2) is 60.8 Å². The van der Waals surface area contributed by atoms with Crippen LogP contribution in [0.1, 0.15) is 36.0 Å². The number of carbonyl (C=O) groups excluding carboxylic acids is 1. The summed E-state index contributed by atoms with van der Waals surface area (Å²) >= 11 is 0.235. The Hall–Kier alpha value is -2.69. The number of nitrogens with zero attached hydrogens (tertiary/aromatic N) is 2. The summed E-state index contributed by atoms with van der Waals surface area (Å²) in [6.45, 7) is 0. The molecule has 0 saturated heterocycles. The van der Waals surface area contributed by atoms with Gasteiger partial charge in [0.2, 0.25) is 0 Å². The number of aromatic hydroxyl groups is 1. The van der Waals surface area contributed by atoms with Crippen molar-refractivity contribution in [3.8, 4) is 17.0 Å². The van der Waals surface area contributed by atoms with E-state index in [0.717, 1.165) is 27.2 Å². The Morgan fingerprint density at radius 3 is 2.53 bits per heavy atom. The second-order valence-electron chi connectivity index (χ2n) is 7.95. The molecule has 1 fully saturated rings. The van der Waals surface area contributed by atoms with Gasteiger partial charge in [0, 0.05) is 0 Å². The number of rotatable bonds is 5. The van der Waals surface area contributed by atoms with Crippen molar-refractivity contribution in [2.24, 2.45) is 0 Å². The van der Waals surface area contributed by atoms with Crippen molar-refractivity contribution in [1.82, 2.24) is 4.98 Å². The number of aromatic nitrogens is 2. The Morgan fingerprint density at radius 1 is 1.07 bits per heavy atom. The summed E-state index contributed by atoms with van der Waals surface area (Å²) < 4.78 is 2.84. The zero-order chi connectivity index (χ0) is 20.5. The van der Waals surface area contributed by atoms with Crippen LogP contribution in [0.3, 0.4) is 0 Å². The van der Waals surface area contributed by atoms with Crippen molar-refractivity contribution in [1.29, 1.82) is 0 Å². The molecule has 0 bridgehead atoms. The van der Waals surface area contributed by atoms with Crippen molar-refractivity contribution in [3.05, 3.63) is 66.4 Å². The summed E-state index contributed by atoms with van der Waals surface area (Å²) in [6, 6.07) is 16.8. The summed E-state index contributed by atoms with van der Waals surface area (Å²) in [5, 5.41) is 13.0. The van der Waals surface area contributed by atoms with E-state index < -0.39 is 0 Å². The second-order valence-corrected chi connectivity index (χ2v) is 10.7. The van der Waals surface area contributed by atoms with Crippen molar-refractivity contribution < 1.29 is 14.5 Å². The predicted octanol–water partition coefficient (Wildman–Crippen LogP) is 3.11. The molecule has 1 aliphatic heterocycles. The van der Waals surface area contributed by atoms with Crippen molar-refractivity contribution in [2.75, 3.05) is 5.32 Å². The number of fused-ring (bicyclic) bond motifs is 1.